The molecule has 1 aromatic carbocycles. The number of halogens is 3. The topological polar surface area (TPSA) is 29.9 Å². The average molecular weight is 316 g/mol. The van der Waals surface area contributed by atoms with E-state index in [9.17, 15) is 4.39 Å². The number of aromatic nitrogens is 2. The van der Waals surface area contributed by atoms with Gasteiger partial charge in [-0.3, -0.25) is 4.68 Å². The molecule has 2 aromatic rings. The van der Waals surface area contributed by atoms with E-state index in [4.69, 9.17) is 23.2 Å². The van der Waals surface area contributed by atoms with Crippen molar-refractivity contribution in [2.75, 3.05) is 6.54 Å². The van der Waals surface area contributed by atoms with Crippen LogP contribution in [0.2, 0.25) is 10.0 Å². The minimum atomic E-state index is -0.439. The third kappa shape index (κ3) is 2.97. The first-order chi connectivity index (χ1) is 9.56. The van der Waals surface area contributed by atoms with Crippen molar-refractivity contribution in [3.05, 3.63) is 51.5 Å². The zero-order chi connectivity index (χ0) is 14.7. The van der Waals surface area contributed by atoms with Crippen molar-refractivity contribution in [3.63, 3.8) is 0 Å². The number of rotatable bonds is 5. The predicted octanol–water partition coefficient (Wildman–Crippen LogP) is 3.96. The first-order valence-electron chi connectivity index (χ1n) is 6.41. The van der Waals surface area contributed by atoms with Crippen LogP contribution in [0.15, 0.2) is 24.4 Å². The van der Waals surface area contributed by atoms with E-state index in [0.29, 0.717) is 10.6 Å². The molecule has 0 fully saturated rings. The van der Waals surface area contributed by atoms with Crippen LogP contribution in [0.1, 0.15) is 30.6 Å². The standard InChI is InChI=1S/C14H16Cl2FN3/c1-3-7-18-13(14-10(15)8-19-20(14)2)9-5-4-6-11(17)12(9)16/h4-6,8,13,18H,3,7H2,1-2H3. The fourth-order valence-corrected chi connectivity index (χ4v) is 2.64. The van der Waals surface area contributed by atoms with Crippen LogP contribution in [0.3, 0.4) is 0 Å². The lowest BCUT2D eigenvalue weighted by atomic mass is 10.0. The van der Waals surface area contributed by atoms with Gasteiger partial charge in [-0.05, 0) is 24.6 Å². The van der Waals surface area contributed by atoms with Gasteiger partial charge in [0.1, 0.15) is 5.82 Å². The Morgan fingerprint density at radius 2 is 2.15 bits per heavy atom. The van der Waals surface area contributed by atoms with Gasteiger partial charge in [0.05, 0.1) is 28.0 Å². The van der Waals surface area contributed by atoms with E-state index in [1.807, 2.05) is 0 Å². The summed E-state index contributed by atoms with van der Waals surface area (Å²) < 4.78 is 15.4. The van der Waals surface area contributed by atoms with Crippen LogP contribution in [-0.2, 0) is 7.05 Å². The second kappa shape index (κ2) is 6.57. The summed E-state index contributed by atoms with van der Waals surface area (Å²) in [7, 11) is 1.80. The van der Waals surface area contributed by atoms with E-state index in [0.717, 1.165) is 18.7 Å². The third-order valence-electron chi connectivity index (χ3n) is 3.10. The Morgan fingerprint density at radius 3 is 2.75 bits per heavy atom. The molecule has 0 saturated heterocycles. The molecule has 0 aliphatic rings. The van der Waals surface area contributed by atoms with E-state index in [2.05, 4.69) is 17.3 Å². The molecular formula is C14H16Cl2FN3. The second-order valence-electron chi connectivity index (χ2n) is 4.53. The minimum absolute atomic E-state index is 0.110. The summed E-state index contributed by atoms with van der Waals surface area (Å²) in [5.74, 6) is -0.439. The SMILES string of the molecule is CCCNC(c1cccc(F)c1Cl)c1c(Cl)cnn1C. The molecule has 0 amide bonds. The molecule has 108 valence electrons. The van der Waals surface area contributed by atoms with Gasteiger partial charge in [0, 0.05) is 7.05 Å². The Hall–Kier alpha value is -1.10. The van der Waals surface area contributed by atoms with Crippen LogP contribution >= 0.6 is 23.2 Å². The summed E-state index contributed by atoms with van der Waals surface area (Å²) >= 11 is 12.3. The number of hydrogen-bond acceptors (Lipinski definition) is 2. The summed E-state index contributed by atoms with van der Waals surface area (Å²) in [6.07, 6.45) is 2.52. The van der Waals surface area contributed by atoms with E-state index >= 15 is 0 Å². The Balaban J connectivity index is 2.50. The number of nitrogens with one attached hydrogen (secondary N) is 1. The van der Waals surface area contributed by atoms with Gasteiger partial charge < -0.3 is 5.32 Å². The van der Waals surface area contributed by atoms with Gasteiger partial charge >= 0.3 is 0 Å². The largest absolute Gasteiger partial charge is 0.305 e. The summed E-state index contributed by atoms with van der Waals surface area (Å²) in [6.45, 7) is 2.82. The number of benzene rings is 1. The van der Waals surface area contributed by atoms with Crippen LogP contribution in [0.5, 0.6) is 0 Å². The van der Waals surface area contributed by atoms with Gasteiger partial charge in [-0.15, -0.1) is 0 Å². The summed E-state index contributed by atoms with van der Waals surface area (Å²) in [4.78, 5) is 0. The Labute approximate surface area is 127 Å². The normalized spacial score (nSPS) is 12.7. The van der Waals surface area contributed by atoms with Gasteiger partial charge in [0.25, 0.3) is 0 Å². The molecular weight excluding hydrogens is 300 g/mol. The highest BCUT2D eigenvalue weighted by Crippen LogP contribution is 2.33. The minimum Gasteiger partial charge on any atom is -0.305 e. The quantitative estimate of drug-likeness (QED) is 0.905. The van der Waals surface area contributed by atoms with Crippen molar-refractivity contribution in [2.24, 2.45) is 7.05 Å². The van der Waals surface area contributed by atoms with Gasteiger partial charge in [-0.25, -0.2) is 4.39 Å². The fraction of sp³-hybridized carbons (Fsp3) is 0.357. The summed E-state index contributed by atoms with van der Waals surface area (Å²) in [6, 6.07) is 4.48. The van der Waals surface area contributed by atoms with Crippen molar-refractivity contribution in [3.8, 4) is 0 Å². The maximum absolute atomic E-state index is 13.7. The lowest BCUT2D eigenvalue weighted by Crippen LogP contribution is -2.26. The van der Waals surface area contributed by atoms with Gasteiger partial charge in [0.2, 0.25) is 0 Å². The molecule has 20 heavy (non-hydrogen) atoms. The predicted molar refractivity (Wildman–Crippen MR) is 79.8 cm³/mol. The lowest BCUT2D eigenvalue weighted by molar-refractivity contribution is 0.548. The zero-order valence-electron chi connectivity index (χ0n) is 11.3. The highest BCUT2D eigenvalue weighted by atomic mass is 35.5. The molecule has 6 heteroatoms. The molecule has 1 heterocycles. The third-order valence-corrected chi connectivity index (χ3v) is 3.79. The Kier molecular flexibility index (Phi) is 5.02. The van der Waals surface area contributed by atoms with Gasteiger partial charge in [0.15, 0.2) is 0 Å². The highest BCUT2D eigenvalue weighted by Gasteiger charge is 2.23. The van der Waals surface area contributed by atoms with Crippen molar-refractivity contribution in [1.29, 1.82) is 0 Å². The molecule has 2 rings (SSSR count). The summed E-state index contributed by atoms with van der Waals surface area (Å²) in [5.41, 5.74) is 1.43. The molecule has 0 bridgehead atoms. The molecule has 1 N–H and O–H groups in total. The van der Waals surface area contributed by atoms with Crippen molar-refractivity contribution in [1.82, 2.24) is 15.1 Å². The van der Waals surface area contributed by atoms with E-state index in [1.54, 1.807) is 30.1 Å². The Bertz CT molecular complexity index is 579. The van der Waals surface area contributed by atoms with Gasteiger partial charge in [-0.2, -0.15) is 5.10 Å². The van der Waals surface area contributed by atoms with Crippen LogP contribution in [-0.4, -0.2) is 16.3 Å². The highest BCUT2D eigenvalue weighted by molar-refractivity contribution is 6.32. The molecule has 1 atom stereocenters. The second-order valence-corrected chi connectivity index (χ2v) is 5.32. The number of aryl methyl sites for hydroxylation is 1. The van der Waals surface area contributed by atoms with Crippen LogP contribution < -0.4 is 5.32 Å². The van der Waals surface area contributed by atoms with Crippen molar-refractivity contribution in [2.45, 2.75) is 19.4 Å². The van der Waals surface area contributed by atoms with Crippen LogP contribution in [0, 0.1) is 5.82 Å². The molecule has 1 unspecified atom stereocenters. The molecule has 3 nitrogen and oxygen atoms in total. The van der Waals surface area contributed by atoms with Crippen molar-refractivity contribution >= 4 is 23.2 Å². The van der Waals surface area contributed by atoms with E-state index in [-0.39, 0.29) is 11.1 Å². The number of hydrogen-bond donors (Lipinski definition) is 1. The molecule has 0 aliphatic carbocycles. The first-order valence-corrected chi connectivity index (χ1v) is 7.16. The summed E-state index contributed by atoms with van der Waals surface area (Å²) in [5, 5.41) is 8.11. The van der Waals surface area contributed by atoms with Crippen LogP contribution in [0.25, 0.3) is 0 Å². The molecule has 0 radical (unpaired) electrons. The lowest BCUT2D eigenvalue weighted by Gasteiger charge is -2.21. The molecule has 0 saturated carbocycles. The van der Waals surface area contributed by atoms with Gasteiger partial charge in [-0.1, -0.05) is 42.3 Å². The van der Waals surface area contributed by atoms with Crippen molar-refractivity contribution < 1.29 is 4.39 Å². The monoisotopic (exact) mass is 315 g/mol. The maximum atomic E-state index is 13.7. The number of nitrogens with zero attached hydrogens (tertiary/aromatic N) is 2. The average Bonchev–Trinajstić information content (AvgIpc) is 2.75. The fourth-order valence-electron chi connectivity index (χ4n) is 2.13. The first kappa shape index (κ1) is 15.3. The molecule has 0 aliphatic heterocycles. The Morgan fingerprint density at radius 1 is 1.40 bits per heavy atom. The van der Waals surface area contributed by atoms with E-state index < -0.39 is 5.82 Å². The smallest absolute Gasteiger partial charge is 0.142 e. The van der Waals surface area contributed by atoms with Crippen LogP contribution in [0.4, 0.5) is 4.39 Å². The maximum Gasteiger partial charge on any atom is 0.142 e. The zero-order valence-corrected chi connectivity index (χ0v) is 12.8. The molecule has 1 aromatic heterocycles. The van der Waals surface area contributed by atoms with E-state index in [1.165, 1.54) is 6.07 Å². The molecule has 0 spiro atoms.